The van der Waals surface area contributed by atoms with Gasteiger partial charge in [-0.3, -0.25) is 4.79 Å². The molecule has 1 amide bonds. The lowest BCUT2D eigenvalue weighted by Crippen LogP contribution is -2.20. The number of carbonyl (C=O) groups is 1. The largest absolute Gasteiger partial charge is 0.484 e. The monoisotopic (exact) mass is 383 g/mol. The minimum absolute atomic E-state index is 0.0686. The second-order valence-electron chi connectivity index (χ2n) is 6.21. The van der Waals surface area contributed by atoms with Crippen molar-refractivity contribution in [3.8, 4) is 17.2 Å². The maximum absolute atomic E-state index is 12.1. The Morgan fingerprint density at radius 3 is 2.67 bits per heavy atom. The Labute approximate surface area is 162 Å². The van der Waals surface area contributed by atoms with E-state index in [4.69, 9.17) is 9.26 Å². The molecular formula is C20H21N3O3S. The molecule has 0 spiro atoms. The van der Waals surface area contributed by atoms with Crippen LogP contribution in [0.2, 0.25) is 0 Å². The molecule has 0 saturated carbocycles. The van der Waals surface area contributed by atoms with Gasteiger partial charge in [-0.25, -0.2) is 0 Å². The van der Waals surface area contributed by atoms with Crippen LogP contribution in [-0.2, 0) is 4.79 Å². The van der Waals surface area contributed by atoms with Crippen molar-refractivity contribution in [2.45, 2.75) is 24.7 Å². The van der Waals surface area contributed by atoms with Gasteiger partial charge < -0.3 is 14.6 Å². The first-order valence-corrected chi connectivity index (χ1v) is 9.78. The average Bonchev–Trinajstić information content (AvgIpc) is 3.17. The third-order valence-electron chi connectivity index (χ3n) is 3.78. The molecule has 3 rings (SSSR count). The number of hydrogen-bond acceptors (Lipinski definition) is 6. The smallest absolute Gasteiger partial charge is 0.262 e. The van der Waals surface area contributed by atoms with Crippen LogP contribution >= 0.6 is 11.8 Å². The molecule has 1 N–H and O–H groups in total. The van der Waals surface area contributed by atoms with Gasteiger partial charge in [-0.15, -0.1) is 11.8 Å². The van der Waals surface area contributed by atoms with Gasteiger partial charge in [0, 0.05) is 22.1 Å². The highest BCUT2D eigenvalue weighted by atomic mass is 32.2. The van der Waals surface area contributed by atoms with Gasteiger partial charge in [-0.05, 0) is 48.7 Å². The van der Waals surface area contributed by atoms with Crippen LogP contribution in [0.1, 0.15) is 25.6 Å². The van der Waals surface area contributed by atoms with E-state index in [0.717, 1.165) is 16.1 Å². The van der Waals surface area contributed by atoms with E-state index in [0.29, 0.717) is 17.5 Å². The van der Waals surface area contributed by atoms with E-state index >= 15 is 0 Å². The summed E-state index contributed by atoms with van der Waals surface area (Å²) in [4.78, 5) is 17.5. The normalized spacial score (nSPS) is 10.8. The molecule has 1 heterocycles. The number of carbonyl (C=O) groups excluding carboxylic acids is 1. The highest BCUT2D eigenvalue weighted by Crippen LogP contribution is 2.23. The molecule has 0 unspecified atom stereocenters. The van der Waals surface area contributed by atoms with E-state index < -0.39 is 0 Å². The molecule has 7 heteroatoms. The summed E-state index contributed by atoms with van der Waals surface area (Å²) in [5, 5.41) is 6.78. The standard InChI is InChI=1S/C20H21N3O3S/c1-13(2)19-22-20(26-23-19)14-7-9-16(10-8-14)25-12-18(24)21-15-5-4-6-17(11-15)27-3/h4-11,13H,12H2,1-3H3,(H,21,24). The van der Waals surface area contributed by atoms with Gasteiger partial charge in [-0.2, -0.15) is 4.98 Å². The number of benzene rings is 2. The van der Waals surface area contributed by atoms with E-state index in [2.05, 4.69) is 15.5 Å². The maximum Gasteiger partial charge on any atom is 0.262 e. The van der Waals surface area contributed by atoms with Crippen LogP contribution in [0.25, 0.3) is 11.5 Å². The average molecular weight is 383 g/mol. The third kappa shape index (κ3) is 5.10. The number of anilines is 1. The Balaban J connectivity index is 1.55. The Kier molecular flexibility index (Phi) is 6.13. The molecule has 140 valence electrons. The Bertz CT molecular complexity index is 907. The van der Waals surface area contributed by atoms with Crippen LogP contribution in [-0.4, -0.2) is 28.9 Å². The highest BCUT2D eigenvalue weighted by Gasteiger charge is 2.11. The van der Waals surface area contributed by atoms with Crippen LogP contribution in [0.15, 0.2) is 57.9 Å². The molecule has 0 fully saturated rings. The second-order valence-corrected chi connectivity index (χ2v) is 7.09. The number of amides is 1. The fraction of sp³-hybridized carbons (Fsp3) is 0.250. The molecule has 0 aliphatic heterocycles. The lowest BCUT2D eigenvalue weighted by atomic mass is 10.2. The third-order valence-corrected chi connectivity index (χ3v) is 4.51. The van der Waals surface area contributed by atoms with Crippen molar-refractivity contribution < 1.29 is 14.1 Å². The minimum atomic E-state index is -0.212. The summed E-state index contributed by atoms with van der Waals surface area (Å²) in [6.07, 6.45) is 1.99. The van der Waals surface area contributed by atoms with Crippen molar-refractivity contribution in [2.24, 2.45) is 0 Å². The van der Waals surface area contributed by atoms with Crippen molar-refractivity contribution in [2.75, 3.05) is 18.2 Å². The van der Waals surface area contributed by atoms with Gasteiger partial charge in [0.2, 0.25) is 0 Å². The number of thioether (sulfide) groups is 1. The first-order valence-electron chi connectivity index (χ1n) is 8.56. The summed E-state index contributed by atoms with van der Waals surface area (Å²) >= 11 is 1.62. The fourth-order valence-corrected chi connectivity index (χ4v) is 2.79. The summed E-state index contributed by atoms with van der Waals surface area (Å²) in [5.74, 6) is 1.73. The molecule has 0 bridgehead atoms. The van der Waals surface area contributed by atoms with Gasteiger partial charge in [-0.1, -0.05) is 25.1 Å². The molecule has 3 aromatic rings. The van der Waals surface area contributed by atoms with Crippen LogP contribution in [0.4, 0.5) is 5.69 Å². The van der Waals surface area contributed by atoms with Crippen LogP contribution < -0.4 is 10.1 Å². The van der Waals surface area contributed by atoms with Crippen molar-refractivity contribution in [3.63, 3.8) is 0 Å². The van der Waals surface area contributed by atoms with Crippen molar-refractivity contribution in [1.82, 2.24) is 10.1 Å². The molecule has 0 radical (unpaired) electrons. The van der Waals surface area contributed by atoms with Gasteiger partial charge in [0.15, 0.2) is 12.4 Å². The number of ether oxygens (including phenoxy) is 1. The van der Waals surface area contributed by atoms with Gasteiger partial charge in [0.1, 0.15) is 5.75 Å². The number of hydrogen-bond donors (Lipinski definition) is 1. The van der Waals surface area contributed by atoms with Crippen LogP contribution in [0.3, 0.4) is 0 Å². The molecule has 0 aliphatic rings. The number of nitrogens with one attached hydrogen (secondary N) is 1. The van der Waals surface area contributed by atoms with Gasteiger partial charge in [0.05, 0.1) is 0 Å². The lowest BCUT2D eigenvalue weighted by molar-refractivity contribution is -0.118. The maximum atomic E-state index is 12.1. The quantitative estimate of drug-likeness (QED) is 0.601. The fourth-order valence-electron chi connectivity index (χ4n) is 2.33. The van der Waals surface area contributed by atoms with E-state index in [-0.39, 0.29) is 18.4 Å². The topological polar surface area (TPSA) is 77.2 Å². The van der Waals surface area contributed by atoms with Gasteiger partial charge >= 0.3 is 0 Å². The van der Waals surface area contributed by atoms with Crippen molar-refractivity contribution in [3.05, 3.63) is 54.4 Å². The number of aromatic nitrogens is 2. The lowest BCUT2D eigenvalue weighted by Gasteiger charge is -2.08. The molecule has 0 atom stereocenters. The first-order chi connectivity index (χ1) is 13.0. The zero-order valence-electron chi connectivity index (χ0n) is 15.4. The Morgan fingerprint density at radius 1 is 1.22 bits per heavy atom. The zero-order valence-corrected chi connectivity index (χ0v) is 16.2. The molecule has 27 heavy (non-hydrogen) atoms. The highest BCUT2D eigenvalue weighted by molar-refractivity contribution is 7.98. The predicted molar refractivity (Wildman–Crippen MR) is 106 cm³/mol. The Hall–Kier alpha value is -2.80. The molecule has 1 aromatic heterocycles. The summed E-state index contributed by atoms with van der Waals surface area (Å²) in [7, 11) is 0. The molecule has 2 aromatic carbocycles. The van der Waals surface area contributed by atoms with Crippen molar-refractivity contribution in [1.29, 1.82) is 0 Å². The molecule has 6 nitrogen and oxygen atoms in total. The predicted octanol–water partition coefficient (Wildman–Crippen LogP) is 4.60. The van der Waals surface area contributed by atoms with E-state index in [9.17, 15) is 4.79 Å². The molecular weight excluding hydrogens is 362 g/mol. The minimum Gasteiger partial charge on any atom is -0.484 e. The van der Waals surface area contributed by atoms with Crippen LogP contribution in [0, 0.1) is 0 Å². The van der Waals surface area contributed by atoms with Crippen molar-refractivity contribution >= 4 is 23.4 Å². The van der Waals surface area contributed by atoms with E-state index in [1.54, 1.807) is 23.9 Å². The first kappa shape index (κ1) is 19.0. The molecule has 0 aliphatic carbocycles. The summed E-state index contributed by atoms with van der Waals surface area (Å²) < 4.78 is 10.8. The second kappa shape index (κ2) is 8.73. The van der Waals surface area contributed by atoms with E-state index in [1.165, 1.54) is 0 Å². The Morgan fingerprint density at radius 2 is 2.00 bits per heavy atom. The van der Waals surface area contributed by atoms with Crippen LogP contribution in [0.5, 0.6) is 5.75 Å². The summed E-state index contributed by atoms with van der Waals surface area (Å²) in [5.41, 5.74) is 1.56. The molecule has 0 saturated heterocycles. The SMILES string of the molecule is CSc1cccc(NC(=O)COc2ccc(-c3nc(C(C)C)no3)cc2)c1. The number of rotatable bonds is 7. The van der Waals surface area contributed by atoms with Gasteiger partial charge in [0.25, 0.3) is 11.8 Å². The summed E-state index contributed by atoms with van der Waals surface area (Å²) in [6.45, 7) is 3.95. The summed E-state index contributed by atoms with van der Waals surface area (Å²) in [6, 6.07) is 14.9. The van der Waals surface area contributed by atoms with E-state index in [1.807, 2.05) is 56.5 Å². The number of nitrogens with zero attached hydrogens (tertiary/aromatic N) is 2. The zero-order chi connectivity index (χ0) is 19.2.